The minimum absolute atomic E-state index is 0.00868. The predicted molar refractivity (Wildman–Crippen MR) is 66.0 cm³/mol. The molecule has 2 atom stereocenters. The first-order valence-electron chi connectivity index (χ1n) is 6.43. The van der Waals surface area contributed by atoms with Crippen LogP contribution in [0, 0.1) is 5.92 Å². The summed E-state index contributed by atoms with van der Waals surface area (Å²) in [6.45, 7) is 0.606. The maximum absolute atomic E-state index is 11.8. The van der Waals surface area contributed by atoms with Crippen LogP contribution in [0.25, 0.3) is 0 Å². The average molecular weight is 241 g/mol. The number of amides is 2. The SMILES string of the molecule is NC(=O)CCCCNC(=O)C1CCCCC1N. The molecule has 98 valence electrons. The minimum Gasteiger partial charge on any atom is -0.370 e. The van der Waals surface area contributed by atoms with Gasteiger partial charge in [-0.25, -0.2) is 0 Å². The van der Waals surface area contributed by atoms with E-state index in [1.54, 1.807) is 0 Å². The molecule has 1 fully saturated rings. The Kier molecular flexibility index (Phi) is 5.97. The van der Waals surface area contributed by atoms with Gasteiger partial charge in [-0.05, 0) is 25.7 Å². The highest BCUT2D eigenvalue weighted by molar-refractivity contribution is 5.79. The Morgan fingerprint density at radius 2 is 1.88 bits per heavy atom. The van der Waals surface area contributed by atoms with Gasteiger partial charge in [0.15, 0.2) is 0 Å². The van der Waals surface area contributed by atoms with Gasteiger partial charge in [-0.2, -0.15) is 0 Å². The number of carbonyl (C=O) groups excluding carboxylic acids is 2. The van der Waals surface area contributed by atoms with Gasteiger partial charge in [0.05, 0.1) is 5.92 Å². The monoisotopic (exact) mass is 241 g/mol. The molecule has 17 heavy (non-hydrogen) atoms. The second-order valence-corrected chi connectivity index (χ2v) is 4.77. The van der Waals surface area contributed by atoms with Crippen molar-refractivity contribution >= 4 is 11.8 Å². The van der Waals surface area contributed by atoms with Crippen LogP contribution in [0.15, 0.2) is 0 Å². The highest BCUT2D eigenvalue weighted by Crippen LogP contribution is 2.22. The van der Waals surface area contributed by atoms with Crippen LogP contribution in [0.2, 0.25) is 0 Å². The predicted octanol–water partition coefficient (Wildman–Crippen LogP) is 0.276. The van der Waals surface area contributed by atoms with Crippen molar-refractivity contribution < 1.29 is 9.59 Å². The van der Waals surface area contributed by atoms with Gasteiger partial charge in [0.25, 0.3) is 0 Å². The second-order valence-electron chi connectivity index (χ2n) is 4.77. The Bertz CT molecular complexity index is 268. The molecule has 0 bridgehead atoms. The number of unbranched alkanes of at least 4 members (excludes halogenated alkanes) is 1. The third-order valence-electron chi connectivity index (χ3n) is 3.31. The topological polar surface area (TPSA) is 98.2 Å². The van der Waals surface area contributed by atoms with Crippen molar-refractivity contribution in [1.82, 2.24) is 5.32 Å². The van der Waals surface area contributed by atoms with Gasteiger partial charge in [-0.3, -0.25) is 9.59 Å². The molecular weight excluding hydrogens is 218 g/mol. The summed E-state index contributed by atoms with van der Waals surface area (Å²) in [6.07, 6.45) is 5.97. The largest absolute Gasteiger partial charge is 0.370 e. The molecule has 1 saturated carbocycles. The van der Waals surface area contributed by atoms with Crippen LogP contribution < -0.4 is 16.8 Å². The van der Waals surface area contributed by atoms with Crippen molar-refractivity contribution in [3.63, 3.8) is 0 Å². The number of primary amides is 1. The van der Waals surface area contributed by atoms with Gasteiger partial charge in [-0.15, -0.1) is 0 Å². The fourth-order valence-electron chi connectivity index (χ4n) is 2.25. The number of hydrogen-bond donors (Lipinski definition) is 3. The maximum Gasteiger partial charge on any atom is 0.224 e. The third kappa shape index (κ3) is 5.17. The van der Waals surface area contributed by atoms with Gasteiger partial charge >= 0.3 is 0 Å². The zero-order valence-corrected chi connectivity index (χ0v) is 10.3. The second kappa shape index (κ2) is 7.27. The van der Waals surface area contributed by atoms with E-state index < -0.39 is 0 Å². The van der Waals surface area contributed by atoms with Crippen LogP contribution in [0.1, 0.15) is 44.9 Å². The summed E-state index contributed by atoms with van der Waals surface area (Å²) in [5.41, 5.74) is 11.0. The molecule has 0 aliphatic heterocycles. The Labute approximate surface area is 102 Å². The van der Waals surface area contributed by atoms with Crippen LogP contribution >= 0.6 is 0 Å². The molecule has 5 nitrogen and oxygen atoms in total. The van der Waals surface area contributed by atoms with Crippen LogP contribution in [-0.2, 0) is 9.59 Å². The lowest BCUT2D eigenvalue weighted by atomic mass is 9.84. The lowest BCUT2D eigenvalue weighted by Gasteiger charge is -2.27. The van der Waals surface area contributed by atoms with E-state index in [4.69, 9.17) is 11.5 Å². The molecule has 0 saturated heterocycles. The van der Waals surface area contributed by atoms with Crippen molar-refractivity contribution in [2.45, 2.75) is 51.0 Å². The van der Waals surface area contributed by atoms with E-state index >= 15 is 0 Å². The van der Waals surface area contributed by atoms with E-state index in [1.165, 1.54) is 0 Å². The number of carbonyl (C=O) groups is 2. The Morgan fingerprint density at radius 3 is 2.53 bits per heavy atom. The summed E-state index contributed by atoms with van der Waals surface area (Å²) in [6, 6.07) is 0.00868. The number of hydrogen-bond acceptors (Lipinski definition) is 3. The smallest absolute Gasteiger partial charge is 0.224 e. The molecule has 5 heteroatoms. The molecule has 5 N–H and O–H groups in total. The lowest BCUT2D eigenvalue weighted by Crippen LogP contribution is -2.43. The maximum atomic E-state index is 11.8. The Morgan fingerprint density at radius 1 is 1.18 bits per heavy atom. The van der Waals surface area contributed by atoms with Gasteiger partial charge in [0.2, 0.25) is 11.8 Å². The number of nitrogens with two attached hydrogens (primary N) is 2. The highest BCUT2D eigenvalue weighted by atomic mass is 16.2. The summed E-state index contributed by atoms with van der Waals surface area (Å²) in [5.74, 6) is -0.248. The summed E-state index contributed by atoms with van der Waals surface area (Å²) in [7, 11) is 0. The van der Waals surface area contributed by atoms with Crippen molar-refractivity contribution in [2.75, 3.05) is 6.54 Å². The fraction of sp³-hybridized carbons (Fsp3) is 0.833. The Balaban J connectivity index is 2.13. The first-order chi connectivity index (χ1) is 8.11. The quantitative estimate of drug-likeness (QED) is 0.582. The summed E-state index contributed by atoms with van der Waals surface area (Å²) in [4.78, 5) is 22.3. The van der Waals surface area contributed by atoms with E-state index in [-0.39, 0.29) is 23.8 Å². The van der Waals surface area contributed by atoms with Crippen molar-refractivity contribution in [3.05, 3.63) is 0 Å². The molecule has 0 aromatic heterocycles. The van der Waals surface area contributed by atoms with E-state index in [2.05, 4.69) is 5.32 Å². The molecule has 0 radical (unpaired) electrons. The zero-order valence-electron chi connectivity index (χ0n) is 10.3. The molecule has 0 spiro atoms. The van der Waals surface area contributed by atoms with Gasteiger partial charge < -0.3 is 16.8 Å². The summed E-state index contributed by atoms with van der Waals surface area (Å²) in [5, 5.41) is 2.89. The first kappa shape index (κ1) is 14.0. The minimum atomic E-state index is -0.286. The number of nitrogens with one attached hydrogen (secondary N) is 1. The van der Waals surface area contributed by atoms with Crippen molar-refractivity contribution in [1.29, 1.82) is 0 Å². The molecule has 1 rings (SSSR count). The van der Waals surface area contributed by atoms with E-state index in [0.29, 0.717) is 13.0 Å². The van der Waals surface area contributed by atoms with E-state index in [1.807, 2.05) is 0 Å². The average Bonchev–Trinajstić information content (AvgIpc) is 2.28. The van der Waals surface area contributed by atoms with Crippen molar-refractivity contribution in [2.24, 2.45) is 17.4 Å². The summed E-state index contributed by atoms with van der Waals surface area (Å²) >= 11 is 0. The van der Waals surface area contributed by atoms with Gasteiger partial charge in [0.1, 0.15) is 0 Å². The van der Waals surface area contributed by atoms with Crippen LogP contribution in [0.5, 0.6) is 0 Å². The standard InChI is InChI=1S/C12H23N3O2/c13-10-6-2-1-5-9(10)12(17)15-8-4-3-7-11(14)16/h9-10H,1-8,13H2,(H2,14,16)(H,15,17). The molecule has 1 aliphatic carbocycles. The number of rotatable bonds is 6. The van der Waals surface area contributed by atoms with E-state index in [0.717, 1.165) is 38.5 Å². The molecular formula is C12H23N3O2. The third-order valence-corrected chi connectivity index (χ3v) is 3.31. The van der Waals surface area contributed by atoms with Gasteiger partial charge in [0, 0.05) is 19.0 Å². The lowest BCUT2D eigenvalue weighted by molar-refractivity contribution is -0.126. The molecule has 2 unspecified atom stereocenters. The normalized spacial score (nSPS) is 24.3. The molecule has 0 heterocycles. The van der Waals surface area contributed by atoms with Crippen LogP contribution in [0.3, 0.4) is 0 Å². The van der Waals surface area contributed by atoms with Crippen LogP contribution in [0.4, 0.5) is 0 Å². The fourth-order valence-corrected chi connectivity index (χ4v) is 2.25. The summed E-state index contributed by atoms with van der Waals surface area (Å²) < 4.78 is 0. The van der Waals surface area contributed by atoms with Crippen molar-refractivity contribution in [3.8, 4) is 0 Å². The molecule has 2 amide bonds. The first-order valence-corrected chi connectivity index (χ1v) is 6.43. The Hall–Kier alpha value is -1.10. The molecule has 1 aliphatic rings. The molecule has 0 aromatic rings. The molecule has 0 aromatic carbocycles. The zero-order chi connectivity index (χ0) is 12.7. The van der Waals surface area contributed by atoms with Gasteiger partial charge in [-0.1, -0.05) is 12.8 Å². The van der Waals surface area contributed by atoms with E-state index in [9.17, 15) is 9.59 Å². The highest BCUT2D eigenvalue weighted by Gasteiger charge is 2.27. The van der Waals surface area contributed by atoms with Crippen LogP contribution in [-0.4, -0.2) is 24.4 Å².